The fourth-order valence-electron chi connectivity index (χ4n) is 2.26. The maximum Gasteiger partial charge on any atom is 0.341 e. The van der Waals surface area contributed by atoms with Crippen molar-refractivity contribution in [3.8, 4) is 5.75 Å². The Hall–Kier alpha value is -2.94. The van der Waals surface area contributed by atoms with Gasteiger partial charge in [0.2, 0.25) is 0 Å². The number of nitro benzene ring substituents is 1. The molecule has 8 nitrogen and oxygen atoms in total. The second kappa shape index (κ2) is 7.96. The highest BCUT2D eigenvalue weighted by molar-refractivity contribution is 7.16. The molecule has 1 amide bonds. The molecule has 0 radical (unpaired) electrons. The lowest BCUT2D eigenvalue weighted by Crippen LogP contribution is -2.21. The molecule has 2 rings (SSSR count). The number of carbonyl (C=O) groups excluding carboxylic acids is 2. The molecule has 2 aromatic rings. The summed E-state index contributed by atoms with van der Waals surface area (Å²) in [6, 6.07) is 4.40. The Bertz CT molecular complexity index is 874. The predicted molar refractivity (Wildman–Crippen MR) is 97.1 cm³/mol. The molecule has 0 fully saturated rings. The van der Waals surface area contributed by atoms with Crippen molar-refractivity contribution in [2.75, 3.05) is 19.0 Å². The SMILES string of the molecule is COC(=O)c1c(NC(=O)COc2cc(C)ccc2[N+](=O)[O-])sc(C)c1C. The van der Waals surface area contributed by atoms with E-state index in [1.54, 1.807) is 19.9 Å². The normalized spacial score (nSPS) is 10.3. The van der Waals surface area contributed by atoms with Crippen LogP contribution in [0.5, 0.6) is 5.75 Å². The summed E-state index contributed by atoms with van der Waals surface area (Å²) in [6.45, 7) is 4.92. The first-order valence-electron chi connectivity index (χ1n) is 7.60. The number of rotatable bonds is 6. The molecule has 9 heteroatoms. The van der Waals surface area contributed by atoms with E-state index in [0.29, 0.717) is 10.6 Å². The van der Waals surface area contributed by atoms with Gasteiger partial charge in [-0.3, -0.25) is 14.9 Å². The van der Waals surface area contributed by atoms with Crippen molar-refractivity contribution in [3.63, 3.8) is 0 Å². The van der Waals surface area contributed by atoms with Gasteiger partial charge in [0.1, 0.15) is 5.00 Å². The lowest BCUT2D eigenvalue weighted by molar-refractivity contribution is -0.385. The minimum absolute atomic E-state index is 0.0110. The third-order valence-electron chi connectivity index (χ3n) is 3.70. The van der Waals surface area contributed by atoms with E-state index in [1.807, 2.05) is 6.92 Å². The van der Waals surface area contributed by atoms with E-state index in [2.05, 4.69) is 5.32 Å². The topological polar surface area (TPSA) is 108 Å². The third-order valence-corrected chi connectivity index (χ3v) is 4.82. The average Bonchev–Trinajstić information content (AvgIpc) is 2.86. The molecular formula is C17H18N2O6S. The Morgan fingerprint density at radius 3 is 2.58 bits per heavy atom. The van der Waals surface area contributed by atoms with Crippen LogP contribution in [0.2, 0.25) is 0 Å². The molecule has 0 aliphatic heterocycles. The van der Waals surface area contributed by atoms with Crippen molar-refractivity contribution in [1.29, 1.82) is 0 Å². The molecule has 1 heterocycles. The minimum Gasteiger partial charge on any atom is -0.477 e. The number of amides is 1. The van der Waals surface area contributed by atoms with Gasteiger partial charge in [0, 0.05) is 10.9 Å². The van der Waals surface area contributed by atoms with Crippen LogP contribution in [0.3, 0.4) is 0 Å². The summed E-state index contributed by atoms with van der Waals surface area (Å²) >= 11 is 1.25. The highest BCUT2D eigenvalue weighted by Gasteiger charge is 2.22. The number of thiophene rings is 1. The first kappa shape index (κ1) is 19.4. The highest BCUT2D eigenvalue weighted by Crippen LogP contribution is 2.33. The Morgan fingerprint density at radius 2 is 1.96 bits per heavy atom. The van der Waals surface area contributed by atoms with Crippen LogP contribution < -0.4 is 10.1 Å². The summed E-state index contributed by atoms with van der Waals surface area (Å²) in [7, 11) is 1.26. The molecule has 0 saturated heterocycles. The summed E-state index contributed by atoms with van der Waals surface area (Å²) < 4.78 is 10.1. The van der Waals surface area contributed by atoms with Crippen LogP contribution >= 0.6 is 11.3 Å². The Labute approximate surface area is 153 Å². The molecule has 0 aliphatic carbocycles. The van der Waals surface area contributed by atoms with E-state index >= 15 is 0 Å². The monoisotopic (exact) mass is 378 g/mol. The van der Waals surface area contributed by atoms with Crippen molar-refractivity contribution in [1.82, 2.24) is 0 Å². The maximum absolute atomic E-state index is 12.2. The first-order chi connectivity index (χ1) is 12.2. The zero-order valence-corrected chi connectivity index (χ0v) is 15.6. The number of aryl methyl sites for hydroxylation is 2. The fourth-order valence-corrected chi connectivity index (χ4v) is 3.32. The molecule has 1 aromatic heterocycles. The van der Waals surface area contributed by atoms with E-state index in [-0.39, 0.29) is 11.4 Å². The van der Waals surface area contributed by atoms with Gasteiger partial charge in [-0.1, -0.05) is 6.07 Å². The van der Waals surface area contributed by atoms with Gasteiger partial charge in [0.15, 0.2) is 12.4 Å². The molecule has 0 spiro atoms. The number of anilines is 1. The second-order valence-electron chi connectivity index (χ2n) is 5.54. The quantitative estimate of drug-likeness (QED) is 0.469. The average molecular weight is 378 g/mol. The van der Waals surface area contributed by atoms with Gasteiger partial charge in [-0.2, -0.15) is 0 Å². The molecule has 26 heavy (non-hydrogen) atoms. The maximum atomic E-state index is 12.2. The van der Waals surface area contributed by atoms with Crippen molar-refractivity contribution in [2.45, 2.75) is 20.8 Å². The van der Waals surface area contributed by atoms with Gasteiger partial charge in [-0.25, -0.2) is 4.79 Å². The molecule has 1 aromatic carbocycles. The van der Waals surface area contributed by atoms with E-state index in [0.717, 1.165) is 16.0 Å². The van der Waals surface area contributed by atoms with Gasteiger partial charge in [-0.05, 0) is 38.0 Å². The van der Waals surface area contributed by atoms with Crippen molar-refractivity contribution < 1.29 is 24.0 Å². The summed E-state index contributed by atoms with van der Waals surface area (Å²) in [4.78, 5) is 35.4. The summed E-state index contributed by atoms with van der Waals surface area (Å²) in [5.41, 5.74) is 1.57. The number of esters is 1. The first-order valence-corrected chi connectivity index (χ1v) is 8.42. The highest BCUT2D eigenvalue weighted by atomic mass is 32.1. The lowest BCUT2D eigenvalue weighted by atomic mass is 10.1. The molecule has 0 unspecified atom stereocenters. The molecule has 0 aliphatic rings. The standard InChI is InChI=1S/C17H18N2O6S/c1-9-5-6-12(19(22)23)13(7-9)25-8-14(20)18-16-15(17(21)24-4)10(2)11(3)26-16/h5-7H,8H2,1-4H3,(H,18,20). The van der Waals surface area contributed by atoms with Gasteiger partial charge in [0.25, 0.3) is 5.91 Å². The van der Waals surface area contributed by atoms with Crippen molar-refractivity contribution in [2.24, 2.45) is 0 Å². The number of nitrogens with zero attached hydrogens (tertiary/aromatic N) is 1. The predicted octanol–water partition coefficient (Wildman–Crippen LogP) is 3.39. The van der Waals surface area contributed by atoms with E-state index in [9.17, 15) is 19.7 Å². The van der Waals surface area contributed by atoms with Crippen LogP contribution in [0.25, 0.3) is 0 Å². The van der Waals surface area contributed by atoms with Gasteiger partial charge >= 0.3 is 11.7 Å². The number of benzene rings is 1. The van der Waals surface area contributed by atoms with Crippen LogP contribution in [0.4, 0.5) is 10.7 Å². The minimum atomic E-state index is -0.575. The number of ether oxygens (including phenoxy) is 2. The van der Waals surface area contributed by atoms with Crippen LogP contribution in [-0.4, -0.2) is 30.5 Å². The van der Waals surface area contributed by atoms with Gasteiger partial charge < -0.3 is 14.8 Å². The molecule has 138 valence electrons. The smallest absolute Gasteiger partial charge is 0.341 e. The van der Waals surface area contributed by atoms with Gasteiger partial charge in [0.05, 0.1) is 17.6 Å². The molecule has 0 saturated carbocycles. The Kier molecular flexibility index (Phi) is 5.93. The van der Waals surface area contributed by atoms with E-state index < -0.39 is 23.4 Å². The number of methoxy groups -OCH3 is 1. The zero-order chi connectivity index (χ0) is 19.4. The number of hydrogen-bond acceptors (Lipinski definition) is 7. The zero-order valence-electron chi connectivity index (χ0n) is 14.7. The summed E-state index contributed by atoms with van der Waals surface area (Å²) in [5, 5.41) is 14.0. The summed E-state index contributed by atoms with van der Waals surface area (Å²) in [6.07, 6.45) is 0. The number of carbonyl (C=O) groups is 2. The molecular weight excluding hydrogens is 360 g/mol. The number of hydrogen-bond donors (Lipinski definition) is 1. The second-order valence-corrected chi connectivity index (χ2v) is 6.77. The molecule has 0 atom stereocenters. The largest absolute Gasteiger partial charge is 0.477 e. The fraction of sp³-hybridized carbons (Fsp3) is 0.294. The lowest BCUT2D eigenvalue weighted by Gasteiger charge is -2.09. The van der Waals surface area contributed by atoms with Crippen molar-refractivity contribution in [3.05, 3.63) is 49.9 Å². The van der Waals surface area contributed by atoms with Crippen LogP contribution in [0, 0.1) is 30.9 Å². The van der Waals surface area contributed by atoms with Crippen LogP contribution in [0.1, 0.15) is 26.4 Å². The third kappa shape index (κ3) is 4.17. The van der Waals surface area contributed by atoms with Crippen LogP contribution in [0.15, 0.2) is 18.2 Å². The Morgan fingerprint density at radius 1 is 1.27 bits per heavy atom. The molecule has 0 bridgehead atoms. The van der Waals surface area contributed by atoms with Crippen molar-refractivity contribution >= 4 is 33.9 Å². The van der Waals surface area contributed by atoms with E-state index in [4.69, 9.17) is 9.47 Å². The number of nitro groups is 1. The van der Waals surface area contributed by atoms with E-state index in [1.165, 1.54) is 30.6 Å². The number of nitrogens with one attached hydrogen (secondary N) is 1. The van der Waals surface area contributed by atoms with Crippen LogP contribution in [-0.2, 0) is 9.53 Å². The summed E-state index contributed by atoms with van der Waals surface area (Å²) in [5.74, 6) is -1.07. The van der Waals surface area contributed by atoms with Gasteiger partial charge in [-0.15, -0.1) is 11.3 Å². The molecule has 1 N–H and O–H groups in total. The Balaban J connectivity index is 2.14.